The maximum absolute atomic E-state index is 5.68. The van der Waals surface area contributed by atoms with Crippen LogP contribution in [0.5, 0.6) is 0 Å². The number of hydrogen-bond donors (Lipinski definition) is 2. The molecule has 1 aromatic carbocycles. The zero-order chi connectivity index (χ0) is 11.8. The zero-order valence-electron chi connectivity index (χ0n) is 10.5. The highest BCUT2D eigenvalue weighted by molar-refractivity contribution is 5.21. The van der Waals surface area contributed by atoms with E-state index >= 15 is 0 Å². The molecule has 0 amide bonds. The van der Waals surface area contributed by atoms with Gasteiger partial charge in [0.1, 0.15) is 0 Å². The lowest BCUT2D eigenvalue weighted by Gasteiger charge is -2.07. The Labute approximate surface area is 99.2 Å². The van der Waals surface area contributed by atoms with Crippen LogP contribution in [0.15, 0.2) is 24.3 Å². The van der Waals surface area contributed by atoms with Crippen LogP contribution in [-0.2, 0) is 6.42 Å². The molecule has 0 saturated carbocycles. The zero-order valence-corrected chi connectivity index (χ0v) is 10.5. The Morgan fingerprint density at radius 1 is 1.19 bits per heavy atom. The van der Waals surface area contributed by atoms with Gasteiger partial charge in [-0.1, -0.05) is 29.8 Å². The van der Waals surface area contributed by atoms with Crippen LogP contribution >= 0.6 is 0 Å². The third kappa shape index (κ3) is 5.89. The minimum absolute atomic E-state index is 0.332. The van der Waals surface area contributed by atoms with Gasteiger partial charge in [-0.3, -0.25) is 0 Å². The molecule has 0 fully saturated rings. The molecule has 2 nitrogen and oxygen atoms in total. The molecule has 0 spiro atoms. The molecule has 0 aliphatic rings. The average molecular weight is 220 g/mol. The number of benzene rings is 1. The molecule has 0 aliphatic heterocycles. The van der Waals surface area contributed by atoms with Gasteiger partial charge in [0.15, 0.2) is 0 Å². The summed E-state index contributed by atoms with van der Waals surface area (Å²) in [4.78, 5) is 0. The molecule has 90 valence electrons. The fourth-order valence-corrected chi connectivity index (χ4v) is 1.66. The summed E-state index contributed by atoms with van der Waals surface area (Å²) < 4.78 is 0. The lowest BCUT2D eigenvalue weighted by molar-refractivity contribution is 0.575. The summed E-state index contributed by atoms with van der Waals surface area (Å²) in [5, 5.41) is 3.45. The Balaban J connectivity index is 2.05. The third-order valence-corrected chi connectivity index (χ3v) is 2.72. The van der Waals surface area contributed by atoms with Gasteiger partial charge in [0.05, 0.1) is 0 Å². The van der Waals surface area contributed by atoms with Crippen LogP contribution in [-0.4, -0.2) is 19.1 Å². The van der Waals surface area contributed by atoms with Crippen molar-refractivity contribution in [3.05, 3.63) is 35.4 Å². The van der Waals surface area contributed by atoms with E-state index in [4.69, 9.17) is 5.73 Å². The van der Waals surface area contributed by atoms with Crippen molar-refractivity contribution >= 4 is 0 Å². The van der Waals surface area contributed by atoms with E-state index in [1.54, 1.807) is 0 Å². The monoisotopic (exact) mass is 220 g/mol. The minimum Gasteiger partial charge on any atom is -0.328 e. The van der Waals surface area contributed by atoms with E-state index in [0.29, 0.717) is 6.04 Å². The predicted octanol–water partition coefficient (Wildman–Crippen LogP) is 2.25. The summed E-state index contributed by atoms with van der Waals surface area (Å²) in [6.07, 6.45) is 3.39. The van der Waals surface area contributed by atoms with E-state index in [2.05, 4.69) is 43.4 Å². The summed E-state index contributed by atoms with van der Waals surface area (Å²) in [7, 11) is 0. The first-order chi connectivity index (χ1) is 7.68. The van der Waals surface area contributed by atoms with E-state index in [0.717, 1.165) is 25.9 Å². The lowest BCUT2D eigenvalue weighted by atomic mass is 10.1. The molecule has 1 aromatic rings. The van der Waals surface area contributed by atoms with Gasteiger partial charge in [0.2, 0.25) is 0 Å². The molecule has 1 unspecified atom stereocenters. The van der Waals surface area contributed by atoms with Crippen molar-refractivity contribution in [2.75, 3.05) is 13.1 Å². The van der Waals surface area contributed by atoms with Gasteiger partial charge in [-0.2, -0.15) is 0 Å². The van der Waals surface area contributed by atoms with E-state index in [1.807, 2.05) is 0 Å². The third-order valence-electron chi connectivity index (χ3n) is 2.72. The van der Waals surface area contributed by atoms with Gasteiger partial charge < -0.3 is 11.1 Å². The van der Waals surface area contributed by atoms with Crippen LogP contribution in [0.25, 0.3) is 0 Å². The maximum atomic E-state index is 5.68. The second-order valence-corrected chi connectivity index (χ2v) is 4.61. The van der Waals surface area contributed by atoms with E-state index in [9.17, 15) is 0 Å². The van der Waals surface area contributed by atoms with Gasteiger partial charge in [-0.05, 0) is 51.8 Å². The van der Waals surface area contributed by atoms with Crippen molar-refractivity contribution in [1.82, 2.24) is 5.32 Å². The summed E-state index contributed by atoms with van der Waals surface area (Å²) in [6, 6.07) is 9.09. The second kappa shape index (κ2) is 7.42. The quantitative estimate of drug-likeness (QED) is 0.692. The molecule has 0 saturated heterocycles. The molecule has 16 heavy (non-hydrogen) atoms. The van der Waals surface area contributed by atoms with Crippen LogP contribution in [0.1, 0.15) is 30.9 Å². The predicted molar refractivity (Wildman–Crippen MR) is 70.6 cm³/mol. The van der Waals surface area contributed by atoms with Gasteiger partial charge in [0.25, 0.3) is 0 Å². The molecule has 1 rings (SSSR count). The Hall–Kier alpha value is -0.860. The smallest absolute Gasteiger partial charge is 0.00109 e. The molecule has 0 bridgehead atoms. The molecule has 3 N–H and O–H groups in total. The molecule has 0 aliphatic carbocycles. The molecule has 0 radical (unpaired) electrons. The normalized spacial score (nSPS) is 12.7. The summed E-state index contributed by atoms with van der Waals surface area (Å²) >= 11 is 0. The summed E-state index contributed by atoms with van der Waals surface area (Å²) in [5.41, 5.74) is 8.42. The number of aryl methyl sites for hydroxylation is 1. The number of nitrogens with one attached hydrogen (secondary N) is 1. The van der Waals surface area contributed by atoms with Crippen LogP contribution in [0.2, 0.25) is 0 Å². The Kier molecular flexibility index (Phi) is 6.12. The Morgan fingerprint density at radius 3 is 2.50 bits per heavy atom. The lowest BCUT2D eigenvalue weighted by Crippen LogP contribution is -2.21. The second-order valence-electron chi connectivity index (χ2n) is 4.61. The van der Waals surface area contributed by atoms with Crippen molar-refractivity contribution in [1.29, 1.82) is 0 Å². The molecule has 0 heterocycles. The SMILES string of the molecule is Cc1ccc(CCNCCCC(C)N)cc1. The van der Waals surface area contributed by atoms with Crippen LogP contribution in [0, 0.1) is 6.92 Å². The highest BCUT2D eigenvalue weighted by Crippen LogP contribution is 2.03. The van der Waals surface area contributed by atoms with Gasteiger partial charge in [-0.25, -0.2) is 0 Å². The summed E-state index contributed by atoms with van der Waals surface area (Å²) in [6.45, 7) is 6.32. The molecular weight excluding hydrogens is 196 g/mol. The Bertz CT molecular complexity index is 277. The standard InChI is InChI=1S/C14H24N2/c1-12-5-7-14(8-6-12)9-11-16-10-3-4-13(2)15/h5-8,13,16H,3-4,9-11,15H2,1-2H3. The van der Waals surface area contributed by atoms with Crippen molar-refractivity contribution < 1.29 is 0 Å². The van der Waals surface area contributed by atoms with Crippen LogP contribution in [0.4, 0.5) is 0 Å². The van der Waals surface area contributed by atoms with Crippen LogP contribution < -0.4 is 11.1 Å². The minimum atomic E-state index is 0.332. The van der Waals surface area contributed by atoms with E-state index in [-0.39, 0.29) is 0 Å². The molecule has 2 heteroatoms. The number of rotatable bonds is 7. The molecule has 0 aromatic heterocycles. The maximum Gasteiger partial charge on any atom is 0.00109 e. The first kappa shape index (κ1) is 13.2. The van der Waals surface area contributed by atoms with E-state index < -0.39 is 0 Å². The van der Waals surface area contributed by atoms with Crippen molar-refractivity contribution in [2.24, 2.45) is 5.73 Å². The highest BCUT2D eigenvalue weighted by atomic mass is 14.8. The van der Waals surface area contributed by atoms with Gasteiger partial charge in [0, 0.05) is 6.04 Å². The number of nitrogens with two attached hydrogens (primary N) is 1. The van der Waals surface area contributed by atoms with Gasteiger partial charge >= 0.3 is 0 Å². The fourth-order valence-electron chi connectivity index (χ4n) is 1.66. The fraction of sp³-hybridized carbons (Fsp3) is 0.571. The van der Waals surface area contributed by atoms with Crippen molar-refractivity contribution in [2.45, 2.75) is 39.2 Å². The first-order valence-corrected chi connectivity index (χ1v) is 6.20. The first-order valence-electron chi connectivity index (χ1n) is 6.20. The largest absolute Gasteiger partial charge is 0.328 e. The van der Waals surface area contributed by atoms with Gasteiger partial charge in [-0.15, -0.1) is 0 Å². The molecular formula is C14H24N2. The topological polar surface area (TPSA) is 38.0 Å². The summed E-state index contributed by atoms with van der Waals surface area (Å²) in [5.74, 6) is 0. The van der Waals surface area contributed by atoms with Crippen molar-refractivity contribution in [3.63, 3.8) is 0 Å². The van der Waals surface area contributed by atoms with Crippen LogP contribution in [0.3, 0.4) is 0 Å². The highest BCUT2D eigenvalue weighted by Gasteiger charge is 1.95. The van der Waals surface area contributed by atoms with Crippen molar-refractivity contribution in [3.8, 4) is 0 Å². The average Bonchev–Trinajstić information content (AvgIpc) is 2.25. The molecule has 1 atom stereocenters. The number of hydrogen-bond acceptors (Lipinski definition) is 2. The van der Waals surface area contributed by atoms with E-state index in [1.165, 1.54) is 17.5 Å². The Morgan fingerprint density at radius 2 is 1.88 bits per heavy atom.